The van der Waals surface area contributed by atoms with Crippen molar-refractivity contribution < 1.29 is 14.3 Å². The highest BCUT2D eigenvalue weighted by Gasteiger charge is 2.22. The van der Waals surface area contributed by atoms with Gasteiger partial charge in [0.1, 0.15) is 12.3 Å². The van der Waals surface area contributed by atoms with Gasteiger partial charge < -0.3 is 15.4 Å². The number of anilines is 1. The number of benzene rings is 1. The number of hydrogen-bond acceptors (Lipinski definition) is 5. The molecule has 0 aliphatic heterocycles. The average Bonchev–Trinajstić information content (AvgIpc) is 3.17. The molecule has 0 saturated heterocycles. The zero-order chi connectivity index (χ0) is 23.3. The third-order valence-electron chi connectivity index (χ3n) is 4.10. The van der Waals surface area contributed by atoms with Gasteiger partial charge in [0.25, 0.3) is 11.8 Å². The van der Waals surface area contributed by atoms with Crippen LogP contribution in [0.5, 0.6) is 5.88 Å². The number of pyridine rings is 1. The predicted molar refractivity (Wildman–Crippen MR) is 124 cm³/mol. The second-order valence-electron chi connectivity index (χ2n) is 6.96. The van der Waals surface area contributed by atoms with Crippen molar-refractivity contribution in [2.24, 2.45) is 0 Å². The van der Waals surface area contributed by atoms with Gasteiger partial charge in [-0.1, -0.05) is 35.9 Å². The number of halogens is 2. The molecule has 0 bridgehead atoms. The molecule has 10 heteroatoms. The van der Waals surface area contributed by atoms with Gasteiger partial charge in [-0.2, -0.15) is 0 Å². The van der Waals surface area contributed by atoms with Crippen molar-refractivity contribution in [1.29, 1.82) is 0 Å². The summed E-state index contributed by atoms with van der Waals surface area (Å²) in [5, 5.41) is 10.5. The number of aromatic nitrogens is 3. The van der Waals surface area contributed by atoms with Gasteiger partial charge in [-0.3, -0.25) is 9.59 Å². The van der Waals surface area contributed by atoms with Crippen LogP contribution in [0.25, 0.3) is 5.82 Å². The van der Waals surface area contributed by atoms with E-state index in [2.05, 4.69) is 27.3 Å². The second-order valence-corrected chi connectivity index (χ2v) is 7.80. The summed E-state index contributed by atoms with van der Waals surface area (Å²) < 4.78 is 6.75. The van der Waals surface area contributed by atoms with Crippen molar-refractivity contribution in [2.45, 2.75) is 19.9 Å². The number of hydrogen-bond donors (Lipinski definition) is 2. The highest BCUT2D eigenvalue weighted by molar-refractivity contribution is 6.32. The van der Waals surface area contributed by atoms with Crippen LogP contribution in [-0.4, -0.2) is 39.2 Å². The Hall–Kier alpha value is -3.36. The van der Waals surface area contributed by atoms with E-state index in [9.17, 15) is 9.59 Å². The molecule has 2 heterocycles. The van der Waals surface area contributed by atoms with Gasteiger partial charge in [-0.25, -0.2) is 9.67 Å². The fraction of sp³-hybridized carbons (Fsp3) is 0.182. The van der Waals surface area contributed by atoms with Crippen LogP contribution < -0.4 is 15.4 Å². The zero-order valence-corrected chi connectivity index (χ0v) is 18.9. The molecule has 0 fully saturated rings. The van der Waals surface area contributed by atoms with Gasteiger partial charge in [0.15, 0.2) is 5.82 Å². The molecule has 0 aliphatic carbocycles. The third kappa shape index (κ3) is 5.46. The van der Waals surface area contributed by atoms with Crippen LogP contribution in [0.1, 0.15) is 34.7 Å². The van der Waals surface area contributed by atoms with Crippen molar-refractivity contribution in [3.8, 4) is 11.7 Å². The van der Waals surface area contributed by atoms with Gasteiger partial charge in [0.05, 0.1) is 16.3 Å². The van der Waals surface area contributed by atoms with Crippen molar-refractivity contribution >= 4 is 40.7 Å². The van der Waals surface area contributed by atoms with E-state index in [0.29, 0.717) is 10.0 Å². The van der Waals surface area contributed by atoms with Crippen molar-refractivity contribution in [2.75, 3.05) is 11.9 Å². The van der Waals surface area contributed by atoms with Crippen LogP contribution in [0.3, 0.4) is 0 Å². The first-order chi connectivity index (χ1) is 15.3. The van der Waals surface area contributed by atoms with E-state index >= 15 is 0 Å². The Morgan fingerprint density at radius 2 is 2.00 bits per heavy atom. The number of ether oxygens (including phenoxy) is 1. The molecule has 0 saturated carbocycles. The normalized spacial score (nSPS) is 10.7. The van der Waals surface area contributed by atoms with E-state index in [1.807, 2.05) is 13.8 Å². The lowest BCUT2D eigenvalue weighted by atomic mass is 10.1. The van der Waals surface area contributed by atoms with Crippen molar-refractivity contribution in [3.63, 3.8) is 0 Å². The summed E-state index contributed by atoms with van der Waals surface area (Å²) in [6.45, 7) is 7.47. The molecule has 32 heavy (non-hydrogen) atoms. The molecule has 2 amide bonds. The summed E-state index contributed by atoms with van der Waals surface area (Å²) >= 11 is 12.3. The maximum atomic E-state index is 13.2. The maximum Gasteiger partial charge on any atom is 0.274 e. The fourth-order valence-electron chi connectivity index (χ4n) is 2.77. The lowest BCUT2D eigenvalue weighted by Gasteiger charge is -2.14. The Morgan fingerprint density at radius 1 is 1.22 bits per heavy atom. The smallest absolute Gasteiger partial charge is 0.274 e. The lowest BCUT2D eigenvalue weighted by molar-refractivity contribution is 0.0944. The summed E-state index contributed by atoms with van der Waals surface area (Å²) in [6.07, 6.45) is 3.09. The monoisotopic (exact) mass is 473 g/mol. The first-order valence-electron chi connectivity index (χ1n) is 9.66. The molecule has 1 aromatic carbocycles. The number of carbonyl (C=O) groups is 2. The lowest BCUT2D eigenvalue weighted by Crippen LogP contribution is -2.31. The van der Waals surface area contributed by atoms with Crippen LogP contribution >= 0.6 is 23.2 Å². The largest absolute Gasteiger partial charge is 0.472 e. The standard InChI is InChI=1S/C22H21Cl2N5O3/c1-4-10-32-19-12-18(29(28-19)20-16(24)6-5-9-25-20)22(31)27-17-8-7-14(23)11-15(17)21(30)26-13(2)3/h4-9,11-13H,1,10H2,2-3H3,(H,26,30)(H,27,31). The van der Waals surface area contributed by atoms with Crippen LogP contribution in [0.4, 0.5) is 5.69 Å². The number of rotatable bonds is 8. The molecule has 0 radical (unpaired) electrons. The zero-order valence-electron chi connectivity index (χ0n) is 17.4. The van der Waals surface area contributed by atoms with Crippen LogP contribution in [-0.2, 0) is 0 Å². The fourth-order valence-corrected chi connectivity index (χ4v) is 3.14. The number of amides is 2. The quantitative estimate of drug-likeness (QED) is 0.468. The Bertz CT molecular complexity index is 1160. The first kappa shape index (κ1) is 23.3. The summed E-state index contributed by atoms with van der Waals surface area (Å²) in [7, 11) is 0. The third-order valence-corrected chi connectivity index (χ3v) is 4.63. The van der Waals surface area contributed by atoms with Crippen LogP contribution in [0.2, 0.25) is 10.0 Å². The molecule has 2 aromatic heterocycles. The molecule has 166 valence electrons. The van der Waals surface area contributed by atoms with Gasteiger partial charge in [-0.05, 0) is 44.2 Å². The topological polar surface area (TPSA) is 98.1 Å². The molecule has 0 atom stereocenters. The van der Waals surface area contributed by atoms with Gasteiger partial charge in [0, 0.05) is 23.3 Å². The first-order valence-corrected chi connectivity index (χ1v) is 10.4. The van der Waals surface area contributed by atoms with E-state index in [-0.39, 0.29) is 47.2 Å². The van der Waals surface area contributed by atoms with Crippen LogP contribution in [0.15, 0.2) is 55.3 Å². The molecule has 0 aliphatic rings. The molecular weight excluding hydrogens is 453 g/mol. The van der Waals surface area contributed by atoms with E-state index in [4.69, 9.17) is 27.9 Å². The molecule has 8 nitrogen and oxygen atoms in total. The van der Waals surface area contributed by atoms with Gasteiger partial charge in [0.2, 0.25) is 5.88 Å². The number of nitrogens with zero attached hydrogens (tertiary/aromatic N) is 3. The van der Waals surface area contributed by atoms with E-state index in [1.165, 1.54) is 23.0 Å². The Balaban J connectivity index is 2.00. The van der Waals surface area contributed by atoms with E-state index in [1.54, 1.807) is 30.3 Å². The molecule has 0 spiro atoms. The molecule has 2 N–H and O–H groups in total. The Kier molecular flexibility index (Phi) is 7.50. The molecular formula is C22H21Cl2N5O3. The minimum Gasteiger partial charge on any atom is -0.472 e. The molecule has 3 aromatic rings. The number of nitrogens with one attached hydrogen (secondary N) is 2. The Labute approximate surface area is 195 Å². The SMILES string of the molecule is C=CCOc1cc(C(=O)Nc2ccc(Cl)cc2C(=O)NC(C)C)n(-c2ncccc2Cl)n1. The number of carbonyl (C=O) groups excluding carboxylic acids is 2. The van der Waals surface area contributed by atoms with E-state index in [0.717, 1.165) is 0 Å². The molecule has 0 unspecified atom stereocenters. The van der Waals surface area contributed by atoms with E-state index < -0.39 is 5.91 Å². The second kappa shape index (κ2) is 10.3. The highest BCUT2D eigenvalue weighted by atomic mass is 35.5. The van der Waals surface area contributed by atoms with Crippen molar-refractivity contribution in [3.05, 3.63) is 76.6 Å². The average molecular weight is 474 g/mol. The summed E-state index contributed by atoms with van der Waals surface area (Å²) in [6, 6.07) is 9.27. The summed E-state index contributed by atoms with van der Waals surface area (Å²) in [5.74, 6) is -0.477. The molecule has 3 rings (SSSR count). The minimum absolute atomic E-state index is 0.0951. The van der Waals surface area contributed by atoms with Crippen LogP contribution in [0, 0.1) is 0 Å². The minimum atomic E-state index is -0.548. The Morgan fingerprint density at radius 3 is 2.69 bits per heavy atom. The van der Waals surface area contributed by atoms with Crippen molar-refractivity contribution in [1.82, 2.24) is 20.1 Å². The van der Waals surface area contributed by atoms with Gasteiger partial charge >= 0.3 is 0 Å². The highest BCUT2D eigenvalue weighted by Crippen LogP contribution is 2.25. The van der Waals surface area contributed by atoms with Gasteiger partial charge in [-0.15, -0.1) is 5.10 Å². The predicted octanol–water partition coefficient (Wildman–Crippen LogP) is 4.53. The summed E-state index contributed by atoms with van der Waals surface area (Å²) in [5.41, 5.74) is 0.616. The summed E-state index contributed by atoms with van der Waals surface area (Å²) in [4.78, 5) is 30.0. The maximum absolute atomic E-state index is 13.2.